The normalized spacial score (nSPS) is 17.7. The predicted octanol–water partition coefficient (Wildman–Crippen LogP) is 4.45. The van der Waals surface area contributed by atoms with E-state index >= 15 is 0 Å². The van der Waals surface area contributed by atoms with Gasteiger partial charge in [-0.25, -0.2) is 4.90 Å². The predicted molar refractivity (Wildman–Crippen MR) is 115 cm³/mol. The number of amides is 2. The second-order valence-corrected chi connectivity index (χ2v) is 8.22. The van der Waals surface area contributed by atoms with Crippen LogP contribution in [0, 0.1) is 0 Å². The molecule has 0 bridgehead atoms. The summed E-state index contributed by atoms with van der Waals surface area (Å²) in [5.41, 5.74) is 1.11. The number of nitrogens with zero attached hydrogens (tertiary/aromatic N) is 2. The summed E-state index contributed by atoms with van der Waals surface area (Å²) in [6.07, 6.45) is 4.40. The number of ether oxygens (including phenoxy) is 1. The molecule has 0 saturated carbocycles. The monoisotopic (exact) mass is 408 g/mol. The molecule has 2 aromatic rings. The summed E-state index contributed by atoms with van der Waals surface area (Å²) in [5.74, 6) is 0.196. The van der Waals surface area contributed by atoms with E-state index in [4.69, 9.17) is 4.74 Å². The van der Waals surface area contributed by atoms with Crippen LogP contribution >= 0.6 is 11.8 Å². The van der Waals surface area contributed by atoms with Crippen LogP contribution in [0.1, 0.15) is 25.7 Å². The van der Waals surface area contributed by atoms with Crippen LogP contribution in [0.4, 0.5) is 5.69 Å². The molecule has 1 fully saturated rings. The van der Waals surface area contributed by atoms with Gasteiger partial charge in [-0.2, -0.15) is 0 Å². The van der Waals surface area contributed by atoms with Crippen molar-refractivity contribution in [3.63, 3.8) is 0 Å². The first kappa shape index (κ1) is 19.6. The molecule has 0 aromatic heterocycles. The van der Waals surface area contributed by atoms with Gasteiger partial charge in [0.2, 0.25) is 0 Å². The molecule has 0 unspecified atom stereocenters. The fourth-order valence-corrected chi connectivity index (χ4v) is 4.76. The molecular weight excluding hydrogens is 384 g/mol. The maximum atomic E-state index is 13.4. The van der Waals surface area contributed by atoms with Crippen LogP contribution in [0.2, 0.25) is 0 Å². The molecule has 1 saturated heterocycles. The Labute approximate surface area is 175 Å². The minimum Gasteiger partial charge on any atom is -0.497 e. The number of anilines is 1. The van der Waals surface area contributed by atoms with Crippen molar-refractivity contribution in [1.29, 1.82) is 0 Å². The van der Waals surface area contributed by atoms with Crippen LogP contribution in [0.3, 0.4) is 0 Å². The zero-order valence-corrected chi connectivity index (χ0v) is 17.3. The fourth-order valence-electron chi connectivity index (χ4n) is 3.74. The van der Waals surface area contributed by atoms with E-state index in [0.717, 1.165) is 43.7 Å². The molecule has 2 aliphatic heterocycles. The van der Waals surface area contributed by atoms with Crippen molar-refractivity contribution in [2.24, 2.45) is 0 Å². The largest absolute Gasteiger partial charge is 0.497 e. The lowest BCUT2D eigenvalue weighted by atomic mass is 10.2. The molecule has 150 valence electrons. The molecule has 29 heavy (non-hydrogen) atoms. The van der Waals surface area contributed by atoms with Gasteiger partial charge < -0.3 is 9.64 Å². The van der Waals surface area contributed by atoms with Crippen molar-refractivity contribution >= 4 is 29.3 Å². The van der Waals surface area contributed by atoms with Crippen LogP contribution in [0.25, 0.3) is 0 Å². The zero-order chi connectivity index (χ0) is 20.2. The number of carbonyl (C=O) groups is 2. The molecule has 5 nitrogen and oxygen atoms in total. The zero-order valence-electron chi connectivity index (χ0n) is 16.5. The first-order valence-electron chi connectivity index (χ1n) is 9.94. The molecule has 2 aliphatic rings. The van der Waals surface area contributed by atoms with Crippen molar-refractivity contribution in [2.45, 2.75) is 30.6 Å². The number of hydrogen-bond donors (Lipinski definition) is 0. The number of benzene rings is 2. The van der Waals surface area contributed by atoms with Crippen molar-refractivity contribution in [2.75, 3.05) is 25.1 Å². The van der Waals surface area contributed by atoms with Gasteiger partial charge in [0.05, 0.1) is 12.8 Å². The second-order valence-electron chi connectivity index (χ2n) is 7.14. The maximum Gasteiger partial charge on any atom is 0.283 e. The van der Waals surface area contributed by atoms with E-state index in [2.05, 4.69) is 4.90 Å². The third-order valence-corrected chi connectivity index (χ3v) is 6.31. The van der Waals surface area contributed by atoms with Crippen LogP contribution in [-0.2, 0) is 9.59 Å². The first-order chi connectivity index (χ1) is 14.2. The smallest absolute Gasteiger partial charge is 0.283 e. The molecule has 2 amide bonds. The Kier molecular flexibility index (Phi) is 5.90. The molecule has 0 N–H and O–H groups in total. The number of imide groups is 1. The molecule has 6 heteroatoms. The molecule has 0 spiro atoms. The second kappa shape index (κ2) is 8.74. The number of methoxy groups -OCH3 is 1. The van der Waals surface area contributed by atoms with E-state index in [-0.39, 0.29) is 11.8 Å². The van der Waals surface area contributed by atoms with Crippen molar-refractivity contribution in [1.82, 2.24) is 4.90 Å². The van der Waals surface area contributed by atoms with E-state index in [0.29, 0.717) is 22.0 Å². The standard InChI is InChI=1S/C23H24N2O3S/c1-28-18-13-11-17(12-14-18)25-22(26)20(24-15-7-2-3-8-16-24)21(23(25)27)29-19-9-5-4-6-10-19/h4-6,9-14H,2-3,7-8,15-16H2,1H3. The minimum absolute atomic E-state index is 0.236. The van der Waals surface area contributed by atoms with Crippen molar-refractivity contribution < 1.29 is 14.3 Å². The van der Waals surface area contributed by atoms with Gasteiger partial charge in [-0.1, -0.05) is 42.8 Å². The Morgan fingerprint density at radius 3 is 2.10 bits per heavy atom. The van der Waals surface area contributed by atoms with Gasteiger partial charge in [-0.15, -0.1) is 0 Å². The lowest BCUT2D eigenvalue weighted by molar-refractivity contribution is -0.121. The molecule has 0 atom stereocenters. The highest BCUT2D eigenvalue weighted by molar-refractivity contribution is 8.04. The molecular formula is C23H24N2O3S. The third-order valence-electron chi connectivity index (χ3n) is 5.23. The Balaban J connectivity index is 1.72. The summed E-state index contributed by atoms with van der Waals surface area (Å²) in [6, 6.07) is 16.8. The number of likely N-dealkylation sites (tertiary alicyclic amines) is 1. The number of carbonyl (C=O) groups excluding carboxylic acids is 2. The summed E-state index contributed by atoms with van der Waals surface area (Å²) in [4.78, 5) is 31.7. The quantitative estimate of drug-likeness (QED) is 0.684. The van der Waals surface area contributed by atoms with Gasteiger partial charge in [0, 0.05) is 18.0 Å². The van der Waals surface area contributed by atoms with Crippen LogP contribution in [0.15, 0.2) is 70.1 Å². The summed E-state index contributed by atoms with van der Waals surface area (Å²) in [6.45, 7) is 1.62. The SMILES string of the molecule is COc1ccc(N2C(=O)C(Sc3ccccc3)=C(N3CCCCCC3)C2=O)cc1. The summed E-state index contributed by atoms with van der Waals surface area (Å²) in [5, 5.41) is 0. The molecule has 0 radical (unpaired) electrons. The van der Waals surface area contributed by atoms with Gasteiger partial charge >= 0.3 is 0 Å². The lowest BCUT2D eigenvalue weighted by Crippen LogP contribution is -2.35. The third kappa shape index (κ3) is 4.03. The summed E-state index contributed by atoms with van der Waals surface area (Å²) in [7, 11) is 1.59. The average molecular weight is 409 g/mol. The van der Waals surface area contributed by atoms with E-state index in [1.165, 1.54) is 16.7 Å². The fraction of sp³-hybridized carbons (Fsp3) is 0.304. The average Bonchev–Trinajstić information content (AvgIpc) is 2.93. The Bertz CT molecular complexity index is 917. The highest BCUT2D eigenvalue weighted by atomic mass is 32.2. The number of hydrogen-bond acceptors (Lipinski definition) is 5. The van der Waals surface area contributed by atoms with Crippen molar-refractivity contribution in [3.05, 3.63) is 65.2 Å². The topological polar surface area (TPSA) is 49.9 Å². The Hall–Kier alpha value is -2.73. The highest BCUT2D eigenvalue weighted by Crippen LogP contribution is 2.39. The van der Waals surface area contributed by atoms with Gasteiger partial charge in [0.25, 0.3) is 11.8 Å². The van der Waals surface area contributed by atoms with E-state index in [9.17, 15) is 9.59 Å². The maximum absolute atomic E-state index is 13.4. The van der Waals surface area contributed by atoms with E-state index in [1.807, 2.05) is 30.3 Å². The molecule has 4 rings (SSSR count). The van der Waals surface area contributed by atoms with Gasteiger partial charge in [-0.3, -0.25) is 9.59 Å². The van der Waals surface area contributed by atoms with Gasteiger partial charge in [-0.05, 0) is 49.2 Å². The first-order valence-corrected chi connectivity index (χ1v) is 10.8. The Morgan fingerprint density at radius 2 is 1.48 bits per heavy atom. The van der Waals surface area contributed by atoms with E-state index < -0.39 is 0 Å². The number of thioether (sulfide) groups is 1. The summed E-state index contributed by atoms with van der Waals surface area (Å²) >= 11 is 1.38. The molecule has 2 aromatic carbocycles. The highest BCUT2D eigenvalue weighted by Gasteiger charge is 2.42. The molecule has 2 heterocycles. The van der Waals surface area contributed by atoms with Crippen LogP contribution in [-0.4, -0.2) is 36.9 Å². The van der Waals surface area contributed by atoms with Crippen molar-refractivity contribution in [3.8, 4) is 5.75 Å². The lowest BCUT2D eigenvalue weighted by Gasteiger charge is -2.24. The number of rotatable bonds is 5. The van der Waals surface area contributed by atoms with Gasteiger partial charge in [0.15, 0.2) is 0 Å². The molecule has 0 aliphatic carbocycles. The Morgan fingerprint density at radius 1 is 0.828 bits per heavy atom. The van der Waals surface area contributed by atoms with Crippen LogP contribution < -0.4 is 9.64 Å². The van der Waals surface area contributed by atoms with Gasteiger partial charge in [0.1, 0.15) is 16.4 Å². The van der Waals surface area contributed by atoms with Crippen LogP contribution in [0.5, 0.6) is 5.75 Å². The summed E-state index contributed by atoms with van der Waals surface area (Å²) < 4.78 is 5.20. The van der Waals surface area contributed by atoms with E-state index in [1.54, 1.807) is 31.4 Å². The minimum atomic E-state index is -0.256.